The molecule has 0 fully saturated rings. The third-order valence-corrected chi connectivity index (χ3v) is 7.17. The van der Waals surface area contributed by atoms with Gasteiger partial charge in [0.05, 0.1) is 16.1 Å². The van der Waals surface area contributed by atoms with E-state index in [4.69, 9.17) is 0 Å². The van der Waals surface area contributed by atoms with Crippen LogP contribution in [0.5, 0.6) is 0 Å². The minimum atomic E-state index is -3.78. The van der Waals surface area contributed by atoms with Crippen molar-refractivity contribution >= 4 is 21.6 Å². The molecule has 31 heavy (non-hydrogen) atoms. The smallest absolute Gasteiger partial charge is 0.264 e. The van der Waals surface area contributed by atoms with Gasteiger partial charge in [-0.05, 0) is 53.8 Å². The number of para-hydroxylation sites is 1. The third kappa shape index (κ3) is 4.97. The number of hydrogen-bond acceptors (Lipinski definition) is 3. The highest BCUT2D eigenvalue weighted by Gasteiger charge is 2.24. The molecule has 3 aromatic rings. The minimum Gasteiger partial charge on any atom is -0.348 e. The molecule has 5 nitrogen and oxygen atoms in total. The van der Waals surface area contributed by atoms with Gasteiger partial charge in [0.1, 0.15) is 0 Å². The monoisotopic (exact) mass is 436 g/mol. The lowest BCUT2D eigenvalue weighted by molar-refractivity contribution is 0.0951. The predicted octanol–water partition coefficient (Wildman–Crippen LogP) is 4.57. The topological polar surface area (TPSA) is 66.5 Å². The third-order valence-electron chi connectivity index (χ3n) is 5.39. The van der Waals surface area contributed by atoms with E-state index in [9.17, 15) is 13.2 Å². The van der Waals surface area contributed by atoms with Gasteiger partial charge in [-0.1, -0.05) is 62.4 Å². The number of anilines is 1. The number of carbonyl (C=O) groups is 1. The number of rotatable bonds is 8. The summed E-state index contributed by atoms with van der Waals surface area (Å²) in [4.78, 5) is 13.2. The van der Waals surface area contributed by atoms with Crippen LogP contribution in [0, 0.1) is 0 Å². The first-order chi connectivity index (χ1) is 14.9. The van der Waals surface area contributed by atoms with Crippen LogP contribution >= 0.6 is 0 Å². The molecule has 1 amide bonds. The van der Waals surface area contributed by atoms with Crippen molar-refractivity contribution in [2.75, 3.05) is 11.4 Å². The fraction of sp³-hybridized carbons (Fsp3) is 0.240. The predicted molar refractivity (Wildman–Crippen MR) is 125 cm³/mol. The first-order valence-corrected chi connectivity index (χ1v) is 11.8. The maximum atomic E-state index is 13.0. The molecule has 0 saturated carbocycles. The van der Waals surface area contributed by atoms with Crippen molar-refractivity contribution < 1.29 is 13.2 Å². The van der Waals surface area contributed by atoms with Gasteiger partial charge in [-0.2, -0.15) is 0 Å². The Bertz CT molecular complexity index is 1160. The number of benzene rings is 3. The zero-order chi connectivity index (χ0) is 22.4. The van der Waals surface area contributed by atoms with Crippen LogP contribution in [0.15, 0.2) is 77.7 Å². The second kappa shape index (κ2) is 9.79. The summed E-state index contributed by atoms with van der Waals surface area (Å²) in [7, 11) is -2.31. The van der Waals surface area contributed by atoms with Gasteiger partial charge in [-0.3, -0.25) is 9.10 Å². The molecule has 0 saturated heterocycles. The van der Waals surface area contributed by atoms with Crippen LogP contribution in [0.1, 0.15) is 40.9 Å². The highest BCUT2D eigenvalue weighted by Crippen LogP contribution is 2.26. The van der Waals surface area contributed by atoms with E-state index >= 15 is 0 Å². The molecule has 0 aromatic heterocycles. The summed E-state index contributed by atoms with van der Waals surface area (Å²) in [6.45, 7) is 4.58. The van der Waals surface area contributed by atoms with Crippen molar-refractivity contribution in [3.05, 3.63) is 95.1 Å². The molecule has 0 aliphatic carbocycles. The first-order valence-electron chi connectivity index (χ1n) is 10.4. The Morgan fingerprint density at radius 1 is 0.871 bits per heavy atom. The summed E-state index contributed by atoms with van der Waals surface area (Å²) in [6, 6.07) is 21.3. The molecule has 3 rings (SSSR count). The number of nitrogens with one attached hydrogen (secondary N) is 1. The van der Waals surface area contributed by atoms with Gasteiger partial charge in [0.15, 0.2) is 0 Å². The zero-order valence-electron chi connectivity index (χ0n) is 18.1. The largest absolute Gasteiger partial charge is 0.348 e. The first kappa shape index (κ1) is 22.6. The van der Waals surface area contributed by atoms with Crippen LogP contribution < -0.4 is 9.62 Å². The standard InChI is InChI=1S/C25H28N2O3S/c1-4-19-15-16-20(5-2)21(17-19)18-26-25(28)23-13-9-10-14-24(23)27(3)31(29,30)22-11-7-6-8-12-22/h6-17H,4-5,18H2,1-3H3,(H,26,28). The van der Waals surface area contributed by atoms with E-state index in [-0.39, 0.29) is 10.8 Å². The molecule has 162 valence electrons. The molecule has 0 spiro atoms. The molecule has 0 bridgehead atoms. The van der Waals surface area contributed by atoms with Crippen molar-refractivity contribution in [2.45, 2.75) is 38.1 Å². The summed E-state index contributed by atoms with van der Waals surface area (Å²) in [5, 5.41) is 2.97. The van der Waals surface area contributed by atoms with Gasteiger partial charge in [0.2, 0.25) is 0 Å². The van der Waals surface area contributed by atoms with Crippen LogP contribution in [0.2, 0.25) is 0 Å². The Balaban J connectivity index is 1.86. The number of hydrogen-bond donors (Lipinski definition) is 1. The fourth-order valence-electron chi connectivity index (χ4n) is 3.50. The van der Waals surface area contributed by atoms with E-state index in [1.165, 1.54) is 18.2 Å². The molecule has 0 radical (unpaired) electrons. The SMILES string of the molecule is CCc1ccc(CC)c(CNC(=O)c2ccccc2N(C)S(=O)(=O)c2ccccc2)c1. The van der Waals surface area contributed by atoms with Gasteiger partial charge in [-0.15, -0.1) is 0 Å². The number of amides is 1. The summed E-state index contributed by atoms with van der Waals surface area (Å²) in [6.07, 6.45) is 1.81. The molecule has 6 heteroatoms. The Labute approximate surface area is 184 Å². The maximum absolute atomic E-state index is 13.0. The summed E-state index contributed by atoms with van der Waals surface area (Å²) in [5.41, 5.74) is 4.14. The normalized spacial score (nSPS) is 11.2. The van der Waals surface area contributed by atoms with Gasteiger partial charge in [0.25, 0.3) is 15.9 Å². The van der Waals surface area contributed by atoms with E-state index in [1.807, 2.05) is 0 Å². The van der Waals surface area contributed by atoms with Crippen molar-refractivity contribution in [1.29, 1.82) is 0 Å². The number of aryl methyl sites for hydroxylation is 2. The van der Waals surface area contributed by atoms with E-state index in [0.29, 0.717) is 17.8 Å². The van der Waals surface area contributed by atoms with E-state index in [0.717, 1.165) is 22.7 Å². The van der Waals surface area contributed by atoms with Gasteiger partial charge >= 0.3 is 0 Å². The van der Waals surface area contributed by atoms with Gasteiger partial charge in [0, 0.05) is 13.6 Å². The van der Waals surface area contributed by atoms with Crippen LogP contribution in [-0.2, 0) is 29.4 Å². The number of sulfonamides is 1. The van der Waals surface area contributed by atoms with E-state index in [1.54, 1.807) is 54.6 Å². The molecule has 0 heterocycles. The molecule has 3 aromatic carbocycles. The van der Waals surface area contributed by atoms with Crippen molar-refractivity contribution in [2.24, 2.45) is 0 Å². The van der Waals surface area contributed by atoms with Gasteiger partial charge in [-0.25, -0.2) is 8.42 Å². The summed E-state index contributed by atoms with van der Waals surface area (Å²) >= 11 is 0. The van der Waals surface area contributed by atoms with E-state index < -0.39 is 10.0 Å². The van der Waals surface area contributed by atoms with Crippen molar-refractivity contribution in [3.63, 3.8) is 0 Å². The van der Waals surface area contributed by atoms with Crippen LogP contribution in [0.25, 0.3) is 0 Å². The Morgan fingerprint density at radius 2 is 1.55 bits per heavy atom. The van der Waals surface area contributed by atoms with Crippen molar-refractivity contribution in [3.8, 4) is 0 Å². The maximum Gasteiger partial charge on any atom is 0.264 e. The molecular formula is C25H28N2O3S. The molecular weight excluding hydrogens is 408 g/mol. The highest BCUT2D eigenvalue weighted by molar-refractivity contribution is 7.92. The summed E-state index contributed by atoms with van der Waals surface area (Å²) in [5.74, 6) is -0.310. The Kier molecular flexibility index (Phi) is 7.13. The average Bonchev–Trinajstić information content (AvgIpc) is 2.82. The van der Waals surface area contributed by atoms with Crippen LogP contribution in [-0.4, -0.2) is 21.4 Å². The molecule has 0 aliphatic heterocycles. The fourth-order valence-corrected chi connectivity index (χ4v) is 4.74. The average molecular weight is 437 g/mol. The van der Waals surface area contributed by atoms with Crippen molar-refractivity contribution in [1.82, 2.24) is 5.32 Å². The van der Waals surface area contributed by atoms with Gasteiger partial charge < -0.3 is 5.32 Å². The lowest BCUT2D eigenvalue weighted by Crippen LogP contribution is -2.30. The quantitative estimate of drug-likeness (QED) is 0.563. The summed E-state index contributed by atoms with van der Waals surface area (Å²) < 4.78 is 27.2. The Morgan fingerprint density at radius 3 is 2.23 bits per heavy atom. The molecule has 0 atom stereocenters. The molecule has 0 aliphatic rings. The second-order valence-corrected chi connectivity index (χ2v) is 9.26. The number of nitrogens with zero attached hydrogens (tertiary/aromatic N) is 1. The number of carbonyl (C=O) groups excluding carboxylic acids is 1. The minimum absolute atomic E-state index is 0.177. The second-order valence-electron chi connectivity index (χ2n) is 7.30. The molecule has 0 unspecified atom stereocenters. The lowest BCUT2D eigenvalue weighted by atomic mass is 10.0. The lowest BCUT2D eigenvalue weighted by Gasteiger charge is -2.22. The molecule has 1 N–H and O–H groups in total. The Hall–Kier alpha value is -3.12. The zero-order valence-corrected chi connectivity index (χ0v) is 18.9. The van der Waals surface area contributed by atoms with Crippen LogP contribution in [0.4, 0.5) is 5.69 Å². The highest BCUT2D eigenvalue weighted by atomic mass is 32.2. The van der Waals surface area contributed by atoms with E-state index in [2.05, 4.69) is 37.4 Å². The van der Waals surface area contributed by atoms with Crippen LogP contribution in [0.3, 0.4) is 0 Å².